The molecule has 3 amide bonds. The van der Waals surface area contributed by atoms with Crippen molar-refractivity contribution in [1.82, 2.24) is 20.9 Å². The Morgan fingerprint density at radius 1 is 1.00 bits per heavy atom. The van der Waals surface area contributed by atoms with Gasteiger partial charge in [-0.15, -0.1) is 0 Å². The van der Waals surface area contributed by atoms with E-state index in [4.69, 9.17) is 17.2 Å². The molecule has 12 N–H and O–H groups in total. The van der Waals surface area contributed by atoms with E-state index in [1.807, 2.05) is 31.2 Å². The molecule has 1 aromatic carbocycles. The summed E-state index contributed by atoms with van der Waals surface area (Å²) in [5.74, 6) is -3.78. The van der Waals surface area contributed by atoms with Gasteiger partial charge in [0.05, 0.1) is 12.1 Å². The van der Waals surface area contributed by atoms with Crippen molar-refractivity contribution in [1.29, 1.82) is 0 Å². The Balaban J connectivity index is 2.29. The average molecular weight is 575 g/mol. The largest absolute Gasteiger partial charge is 0.480 e. The number of carbonyl (C=O) groups is 4. The molecular weight excluding hydrogens is 532 g/mol. The van der Waals surface area contributed by atoms with Crippen LogP contribution in [0.3, 0.4) is 0 Å². The van der Waals surface area contributed by atoms with E-state index in [0.717, 1.165) is 10.9 Å². The fraction of sp³-hybridized carbons (Fsp3) is 0.519. The van der Waals surface area contributed by atoms with Gasteiger partial charge in [-0.05, 0) is 37.3 Å². The number of nitrogens with one attached hydrogen (secondary N) is 4. The molecule has 1 aromatic heterocycles. The number of hydrogen-bond acceptors (Lipinski definition) is 7. The molecular formula is C27H42N8O6. The number of amides is 3. The second-order valence-electron chi connectivity index (χ2n) is 10.1. The number of aliphatic imine (C=N–C) groups is 1. The van der Waals surface area contributed by atoms with Crippen molar-refractivity contribution < 1.29 is 29.4 Å². The van der Waals surface area contributed by atoms with Crippen LogP contribution in [0.25, 0.3) is 10.9 Å². The molecule has 0 aliphatic rings. The van der Waals surface area contributed by atoms with Crippen molar-refractivity contribution >= 4 is 40.6 Å². The van der Waals surface area contributed by atoms with Crippen molar-refractivity contribution in [3.8, 4) is 0 Å². The Hall–Kier alpha value is -4.17. The number of aromatic nitrogens is 1. The normalized spacial score (nSPS) is 15.5. The lowest BCUT2D eigenvalue weighted by Crippen LogP contribution is -2.60. The molecule has 0 radical (unpaired) electrons. The molecule has 41 heavy (non-hydrogen) atoms. The molecule has 0 fully saturated rings. The van der Waals surface area contributed by atoms with Gasteiger partial charge in [0, 0.05) is 30.1 Å². The van der Waals surface area contributed by atoms with Gasteiger partial charge >= 0.3 is 5.97 Å². The second-order valence-corrected chi connectivity index (χ2v) is 10.1. The minimum atomic E-state index is -1.41. The maximum absolute atomic E-state index is 13.4. The molecule has 0 aliphatic heterocycles. The standard InChI is InChI=1S/C27H42N8O6/c1-4-14(2)21(28)24(38)35-22(15(3)36)25(39)34-20(12-16-13-32-18-9-6-5-8-17(16)18)23(37)33-19(26(40)41)10-7-11-31-27(29)30/h5-6,8-9,13-15,19-22,32,36H,4,7,10-12,28H2,1-3H3,(H,33,37)(H,34,39)(H,35,38)(H,40,41)(H4,29,30,31). The summed E-state index contributed by atoms with van der Waals surface area (Å²) in [7, 11) is 0. The number of hydrogen-bond donors (Lipinski definition) is 9. The highest BCUT2D eigenvalue weighted by Crippen LogP contribution is 2.19. The fourth-order valence-corrected chi connectivity index (χ4v) is 4.19. The molecule has 14 heteroatoms. The van der Waals surface area contributed by atoms with Crippen LogP contribution in [-0.2, 0) is 25.6 Å². The number of guanidine groups is 1. The number of carboxylic acids is 1. The Labute approximate surface area is 238 Å². The maximum Gasteiger partial charge on any atom is 0.326 e. The minimum Gasteiger partial charge on any atom is -0.480 e. The first-order valence-corrected chi connectivity index (χ1v) is 13.5. The number of aromatic amines is 1. The number of H-pyrrole nitrogens is 1. The molecule has 14 nitrogen and oxygen atoms in total. The summed E-state index contributed by atoms with van der Waals surface area (Å²) >= 11 is 0. The van der Waals surface area contributed by atoms with Crippen molar-refractivity contribution in [3.63, 3.8) is 0 Å². The molecule has 6 unspecified atom stereocenters. The van der Waals surface area contributed by atoms with E-state index in [2.05, 4.69) is 25.9 Å². The molecule has 0 saturated carbocycles. The highest BCUT2D eigenvalue weighted by atomic mass is 16.4. The van der Waals surface area contributed by atoms with Crippen LogP contribution in [0.2, 0.25) is 0 Å². The number of aliphatic carboxylic acids is 1. The highest BCUT2D eigenvalue weighted by Gasteiger charge is 2.33. The first-order chi connectivity index (χ1) is 19.3. The zero-order valence-electron chi connectivity index (χ0n) is 23.6. The molecule has 2 rings (SSSR count). The number of fused-ring (bicyclic) bond motifs is 1. The zero-order chi connectivity index (χ0) is 30.7. The maximum atomic E-state index is 13.4. The lowest BCUT2D eigenvalue weighted by atomic mass is 9.98. The minimum absolute atomic E-state index is 0.00517. The third-order valence-corrected chi connectivity index (χ3v) is 6.91. The molecule has 0 aliphatic carbocycles. The number of aliphatic hydroxyl groups excluding tert-OH is 1. The Bertz CT molecular complexity index is 1230. The number of carboxylic acid groups (broad SMARTS) is 1. The van der Waals surface area contributed by atoms with Gasteiger partial charge in [-0.3, -0.25) is 19.4 Å². The highest BCUT2D eigenvalue weighted by molar-refractivity contribution is 5.95. The zero-order valence-corrected chi connectivity index (χ0v) is 23.6. The van der Waals surface area contributed by atoms with Crippen LogP contribution in [0.4, 0.5) is 0 Å². The lowest BCUT2D eigenvalue weighted by Gasteiger charge is -2.27. The van der Waals surface area contributed by atoms with Gasteiger partial charge in [0.2, 0.25) is 17.7 Å². The summed E-state index contributed by atoms with van der Waals surface area (Å²) in [6.45, 7) is 5.16. The summed E-state index contributed by atoms with van der Waals surface area (Å²) < 4.78 is 0. The molecule has 226 valence electrons. The lowest BCUT2D eigenvalue weighted by molar-refractivity contribution is -0.142. The summed E-state index contributed by atoms with van der Waals surface area (Å²) in [4.78, 5) is 58.2. The number of para-hydroxylation sites is 1. The number of nitrogens with two attached hydrogens (primary N) is 3. The molecule has 2 aromatic rings. The average Bonchev–Trinajstić information content (AvgIpc) is 3.33. The van der Waals surface area contributed by atoms with Crippen LogP contribution in [-0.4, -0.2) is 81.7 Å². The van der Waals surface area contributed by atoms with Gasteiger partial charge in [-0.1, -0.05) is 38.5 Å². The monoisotopic (exact) mass is 574 g/mol. The molecule has 6 atom stereocenters. The molecule has 0 saturated heterocycles. The topological polar surface area (TPSA) is 251 Å². The predicted octanol–water partition coefficient (Wildman–Crippen LogP) is -0.943. The van der Waals surface area contributed by atoms with Crippen molar-refractivity contribution in [2.24, 2.45) is 28.1 Å². The number of aliphatic hydroxyl groups is 1. The number of benzene rings is 1. The second kappa shape index (κ2) is 15.6. The molecule has 1 heterocycles. The van der Waals surface area contributed by atoms with Crippen LogP contribution in [0.5, 0.6) is 0 Å². The van der Waals surface area contributed by atoms with Crippen LogP contribution < -0.4 is 33.2 Å². The summed E-state index contributed by atoms with van der Waals surface area (Å²) in [6, 6.07) is 2.51. The van der Waals surface area contributed by atoms with E-state index in [0.29, 0.717) is 12.0 Å². The van der Waals surface area contributed by atoms with Gasteiger partial charge in [0.15, 0.2) is 5.96 Å². The van der Waals surface area contributed by atoms with Crippen molar-refractivity contribution in [2.75, 3.05) is 6.54 Å². The summed E-state index contributed by atoms with van der Waals surface area (Å²) in [6.07, 6.45) is 1.31. The predicted molar refractivity (Wildman–Crippen MR) is 154 cm³/mol. The first-order valence-electron chi connectivity index (χ1n) is 13.5. The molecule has 0 spiro atoms. The van der Waals surface area contributed by atoms with Crippen LogP contribution >= 0.6 is 0 Å². The van der Waals surface area contributed by atoms with E-state index in [1.165, 1.54) is 6.92 Å². The van der Waals surface area contributed by atoms with E-state index >= 15 is 0 Å². The molecule has 0 bridgehead atoms. The van der Waals surface area contributed by atoms with Crippen LogP contribution in [0.1, 0.15) is 45.6 Å². The van der Waals surface area contributed by atoms with Crippen molar-refractivity contribution in [3.05, 3.63) is 36.0 Å². The fourth-order valence-electron chi connectivity index (χ4n) is 4.19. The SMILES string of the molecule is CCC(C)C(N)C(=O)NC(C(=O)NC(Cc1c[nH]c2ccccc12)C(=O)NC(CCCN=C(N)N)C(=O)O)C(C)O. The number of nitrogens with zero attached hydrogens (tertiary/aromatic N) is 1. The Morgan fingerprint density at radius 3 is 2.27 bits per heavy atom. The summed E-state index contributed by atoms with van der Waals surface area (Å²) in [5, 5.41) is 28.3. The number of rotatable bonds is 16. The van der Waals surface area contributed by atoms with E-state index in [1.54, 1.807) is 13.1 Å². The third kappa shape index (κ3) is 9.76. The van der Waals surface area contributed by atoms with Gasteiger partial charge < -0.3 is 48.3 Å². The van der Waals surface area contributed by atoms with Gasteiger partial charge in [0.25, 0.3) is 0 Å². The third-order valence-electron chi connectivity index (χ3n) is 6.91. The van der Waals surface area contributed by atoms with Crippen LogP contribution in [0.15, 0.2) is 35.5 Å². The quantitative estimate of drug-likeness (QED) is 0.0680. The first kappa shape index (κ1) is 33.0. The van der Waals surface area contributed by atoms with Gasteiger partial charge in [0.1, 0.15) is 18.1 Å². The number of carbonyl (C=O) groups excluding carboxylic acids is 3. The van der Waals surface area contributed by atoms with E-state index < -0.39 is 54.0 Å². The Kier molecular flexibility index (Phi) is 12.5. The summed E-state index contributed by atoms with van der Waals surface area (Å²) in [5.41, 5.74) is 18.1. The van der Waals surface area contributed by atoms with E-state index in [9.17, 15) is 29.4 Å². The van der Waals surface area contributed by atoms with E-state index in [-0.39, 0.29) is 37.7 Å². The smallest absolute Gasteiger partial charge is 0.326 e. The van der Waals surface area contributed by atoms with Crippen molar-refractivity contribution in [2.45, 2.75) is 76.7 Å². The Morgan fingerprint density at radius 2 is 1.66 bits per heavy atom. The van der Waals surface area contributed by atoms with Gasteiger partial charge in [-0.2, -0.15) is 0 Å². The van der Waals surface area contributed by atoms with Gasteiger partial charge in [-0.25, -0.2) is 4.79 Å². The van der Waals surface area contributed by atoms with Crippen LogP contribution in [0, 0.1) is 5.92 Å².